The third-order valence-corrected chi connectivity index (χ3v) is 7.18. The maximum atomic E-state index is 12.0. The normalized spacial score (nSPS) is 24.9. The number of rotatable bonds is 6. The van der Waals surface area contributed by atoms with E-state index in [0.717, 1.165) is 44.3 Å². The number of benzene rings is 1. The van der Waals surface area contributed by atoms with Crippen molar-refractivity contribution in [1.29, 1.82) is 0 Å². The molecule has 2 fully saturated rings. The number of hydrogen-bond acceptors (Lipinski definition) is 6. The Morgan fingerprint density at radius 2 is 1.78 bits per heavy atom. The molecule has 0 atom stereocenters. The van der Waals surface area contributed by atoms with Crippen LogP contribution in [0.3, 0.4) is 0 Å². The highest BCUT2D eigenvalue weighted by Crippen LogP contribution is 2.28. The van der Waals surface area contributed by atoms with Crippen LogP contribution in [-0.4, -0.2) is 70.6 Å². The molecule has 1 heterocycles. The van der Waals surface area contributed by atoms with Crippen LogP contribution in [0.5, 0.6) is 0 Å². The van der Waals surface area contributed by atoms with Crippen molar-refractivity contribution >= 4 is 15.5 Å². The Kier molecular flexibility index (Phi) is 6.78. The van der Waals surface area contributed by atoms with Crippen LogP contribution < -0.4 is 4.90 Å². The summed E-state index contributed by atoms with van der Waals surface area (Å²) in [6, 6.07) is 5.36. The highest BCUT2D eigenvalue weighted by atomic mass is 32.2. The van der Waals surface area contributed by atoms with Gasteiger partial charge in [-0.1, -0.05) is 6.07 Å². The summed E-state index contributed by atoms with van der Waals surface area (Å²) in [6.45, 7) is 4.69. The molecule has 1 aliphatic heterocycles. The molecule has 27 heavy (non-hydrogen) atoms. The molecular formula is C20H32N2O4S. The molecule has 0 amide bonds. The molecule has 152 valence electrons. The monoisotopic (exact) mass is 396 g/mol. The van der Waals surface area contributed by atoms with Gasteiger partial charge in [0.05, 0.1) is 17.6 Å². The largest absolute Gasteiger partial charge is 0.392 e. The van der Waals surface area contributed by atoms with Gasteiger partial charge in [0.25, 0.3) is 0 Å². The molecule has 0 bridgehead atoms. The van der Waals surface area contributed by atoms with E-state index in [1.54, 1.807) is 12.1 Å². The molecule has 0 spiro atoms. The summed E-state index contributed by atoms with van der Waals surface area (Å²) in [5.41, 5.74) is 1.39. The Hall–Kier alpha value is -1.15. The van der Waals surface area contributed by atoms with Gasteiger partial charge in [0.2, 0.25) is 0 Å². The molecule has 1 aromatic rings. The lowest BCUT2D eigenvalue weighted by Crippen LogP contribution is -2.48. The third-order valence-electron chi connectivity index (χ3n) is 6.00. The molecule has 0 unspecified atom stereocenters. The molecule has 1 N–H and O–H groups in total. The molecule has 7 heteroatoms. The number of methoxy groups -OCH3 is 1. The zero-order chi connectivity index (χ0) is 19.4. The molecule has 0 aromatic heterocycles. The molecule has 1 saturated carbocycles. The van der Waals surface area contributed by atoms with E-state index < -0.39 is 9.84 Å². The smallest absolute Gasteiger partial charge is 0.175 e. The fraction of sp³-hybridized carbons (Fsp3) is 0.700. The SMILES string of the molecule is COC1CCC(CN2CCN(c3ccc(CO)c(S(C)(=O)=O)c3)CC2)CC1. The molecular weight excluding hydrogens is 364 g/mol. The number of piperazine rings is 1. The van der Waals surface area contributed by atoms with Crippen LogP contribution in [0, 0.1) is 5.92 Å². The van der Waals surface area contributed by atoms with Crippen LogP contribution in [0.25, 0.3) is 0 Å². The Morgan fingerprint density at radius 3 is 2.33 bits per heavy atom. The third kappa shape index (κ3) is 5.22. The maximum Gasteiger partial charge on any atom is 0.175 e. The number of aliphatic hydroxyl groups excluding tert-OH is 1. The topological polar surface area (TPSA) is 70.1 Å². The lowest BCUT2D eigenvalue weighted by atomic mass is 9.87. The fourth-order valence-electron chi connectivity index (χ4n) is 4.32. The number of hydrogen-bond donors (Lipinski definition) is 1. The quantitative estimate of drug-likeness (QED) is 0.792. The van der Waals surface area contributed by atoms with Crippen molar-refractivity contribution in [3.63, 3.8) is 0 Å². The van der Waals surface area contributed by atoms with Gasteiger partial charge < -0.3 is 14.7 Å². The van der Waals surface area contributed by atoms with Crippen molar-refractivity contribution in [1.82, 2.24) is 4.90 Å². The molecule has 1 saturated heterocycles. The van der Waals surface area contributed by atoms with E-state index >= 15 is 0 Å². The molecule has 0 radical (unpaired) electrons. The Morgan fingerprint density at radius 1 is 1.11 bits per heavy atom. The van der Waals surface area contributed by atoms with Gasteiger partial charge in [0, 0.05) is 51.8 Å². The van der Waals surface area contributed by atoms with Gasteiger partial charge in [0.15, 0.2) is 9.84 Å². The molecule has 6 nitrogen and oxygen atoms in total. The van der Waals surface area contributed by atoms with Crippen molar-refractivity contribution in [2.45, 2.75) is 43.3 Å². The molecule has 3 rings (SSSR count). The highest BCUT2D eigenvalue weighted by molar-refractivity contribution is 7.90. The average Bonchev–Trinajstić information content (AvgIpc) is 2.68. The zero-order valence-electron chi connectivity index (χ0n) is 16.4. The maximum absolute atomic E-state index is 12.0. The first-order valence-electron chi connectivity index (χ1n) is 9.84. The summed E-state index contributed by atoms with van der Waals surface area (Å²) in [5.74, 6) is 0.767. The van der Waals surface area contributed by atoms with Gasteiger partial charge in [-0.25, -0.2) is 8.42 Å². The van der Waals surface area contributed by atoms with Crippen molar-refractivity contribution in [2.24, 2.45) is 5.92 Å². The summed E-state index contributed by atoms with van der Waals surface area (Å²) in [5, 5.41) is 9.41. The number of sulfone groups is 1. The van der Waals surface area contributed by atoms with Gasteiger partial charge in [-0.3, -0.25) is 4.90 Å². The summed E-state index contributed by atoms with van der Waals surface area (Å²) < 4.78 is 29.5. The second-order valence-electron chi connectivity index (χ2n) is 7.89. The van der Waals surface area contributed by atoms with E-state index in [2.05, 4.69) is 9.80 Å². The van der Waals surface area contributed by atoms with E-state index in [1.165, 1.54) is 31.9 Å². The Labute approximate surface area is 163 Å². The van der Waals surface area contributed by atoms with Crippen LogP contribution in [0.1, 0.15) is 31.2 Å². The van der Waals surface area contributed by atoms with Crippen molar-refractivity contribution in [3.8, 4) is 0 Å². The van der Waals surface area contributed by atoms with E-state index in [0.29, 0.717) is 11.7 Å². The van der Waals surface area contributed by atoms with Crippen LogP contribution in [0.15, 0.2) is 23.1 Å². The average molecular weight is 397 g/mol. The molecule has 1 aliphatic carbocycles. The minimum absolute atomic E-state index is 0.236. The van der Waals surface area contributed by atoms with Crippen molar-refractivity contribution < 1.29 is 18.3 Å². The number of aliphatic hydroxyl groups is 1. The highest BCUT2D eigenvalue weighted by Gasteiger charge is 2.25. The van der Waals surface area contributed by atoms with Gasteiger partial charge in [-0.2, -0.15) is 0 Å². The predicted octanol–water partition coefficient (Wildman–Crippen LogP) is 1.91. The minimum atomic E-state index is -3.35. The lowest BCUT2D eigenvalue weighted by molar-refractivity contribution is 0.0492. The Bertz CT molecular complexity index is 721. The van der Waals surface area contributed by atoms with Crippen LogP contribution in [0.4, 0.5) is 5.69 Å². The second kappa shape index (κ2) is 8.90. The number of nitrogens with zero attached hydrogens (tertiary/aromatic N) is 2. The van der Waals surface area contributed by atoms with Crippen molar-refractivity contribution in [2.75, 3.05) is 51.0 Å². The fourth-order valence-corrected chi connectivity index (χ4v) is 5.26. The standard InChI is InChI=1S/C20H32N2O4S/c1-26-19-7-3-16(4-8-19)14-21-9-11-22(12-10-21)18-6-5-17(15-23)20(13-18)27(2,24)25/h5-6,13,16,19,23H,3-4,7-12,14-15H2,1-2H3. The summed E-state index contributed by atoms with van der Waals surface area (Å²) >= 11 is 0. The van der Waals surface area contributed by atoms with E-state index in [9.17, 15) is 13.5 Å². The Balaban J connectivity index is 1.56. The van der Waals surface area contributed by atoms with Crippen LogP contribution in [0.2, 0.25) is 0 Å². The van der Waals surface area contributed by atoms with E-state index in [-0.39, 0.29) is 11.5 Å². The van der Waals surface area contributed by atoms with E-state index in [4.69, 9.17) is 4.74 Å². The van der Waals surface area contributed by atoms with E-state index in [1.807, 2.05) is 13.2 Å². The first-order chi connectivity index (χ1) is 12.9. The first-order valence-corrected chi connectivity index (χ1v) is 11.7. The summed E-state index contributed by atoms with van der Waals surface area (Å²) in [4.78, 5) is 5.02. The van der Waals surface area contributed by atoms with Gasteiger partial charge in [0.1, 0.15) is 0 Å². The van der Waals surface area contributed by atoms with Crippen LogP contribution in [-0.2, 0) is 21.2 Å². The summed E-state index contributed by atoms with van der Waals surface area (Å²) in [7, 11) is -1.54. The van der Waals surface area contributed by atoms with Gasteiger partial charge in [-0.15, -0.1) is 0 Å². The molecule has 1 aromatic carbocycles. The molecule has 2 aliphatic rings. The number of anilines is 1. The number of ether oxygens (including phenoxy) is 1. The zero-order valence-corrected chi connectivity index (χ0v) is 17.2. The second-order valence-corrected chi connectivity index (χ2v) is 9.87. The minimum Gasteiger partial charge on any atom is -0.392 e. The van der Waals surface area contributed by atoms with Crippen LogP contribution >= 0.6 is 0 Å². The summed E-state index contributed by atoms with van der Waals surface area (Å²) in [6.07, 6.45) is 6.49. The van der Waals surface area contributed by atoms with Gasteiger partial charge >= 0.3 is 0 Å². The predicted molar refractivity (Wildman–Crippen MR) is 107 cm³/mol. The lowest BCUT2D eigenvalue weighted by Gasteiger charge is -2.39. The van der Waals surface area contributed by atoms with Crippen molar-refractivity contribution in [3.05, 3.63) is 23.8 Å². The van der Waals surface area contributed by atoms with Gasteiger partial charge in [-0.05, 0) is 49.3 Å². The first kappa shape index (κ1) is 20.6.